The molecule has 1 atom stereocenters. The van der Waals surface area contributed by atoms with Crippen LogP contribution in [-0.4, -0.2) is 28.4 Å². The van der Waals surface area contributed by atoms with E-state index in [-0.39, 0.29) is 11.9 Å². The third kappa shape index (κ3) is 2.72. The SMILES string of the molecule is CCC(C)N(CC)C(=O)c1cccc(N)n1. The number of nitrogens with zero attached hydrogens (tertiary/aromatic N) is 2. The predicted octanol–water partition coefficient (Wildman–Crippen LogP) is 1.92. The van der Waals surface area contributed by atoms with Gasteiger partial charge in [0.05, 0.1) is 0 Å². The number of amides is 1. The van der Waals surface area contributed by atoms with E-state index in [1.165, 1.54) is 0 Å². The van der Waals surface area contributed by atoms with Crippen LogP contribution in [0.1, 0.15) is 37.7 Å². The zero-order valence-electron chi connectivity index (χ0n) is 10.1. The minimum Gasteiger partial charge on any atom is -0.384 e. The fourth-order valence-corrected chi connectivity index (χ4v) is 1.59. The molecular weight excluding hydrogens is 202 g/mol. The van der Waals surface area contributed by atoms with Gasteiger partial charge in [-0.2, -0.15) is 0 Å². The third-order valence-corrected chi connectivity index (χ3v) is 2.71. The van der Waals surface area contributed by atoms with Gasteiger partial charge >= 0.3 is 0 Å². The van der Waals surface area contributed by atoms with Crippen LogP contribution in [0.4, 0.5) is 5.82 Å². The molecule has 16 heavy (non-hydrogen) atoms. The van der Waals surface area contributed by atoms with Gasteiger partial charge in [0, 0.05) is 12.6 Å². The van der Waals surface area contributed by atoms with Gasteiger partial charge in [0.1, 0.15) is 11.5 Å². The fraction of sp³-hybridized carbons (Fsp3) is 0.500. The van der Waals surface area contributed by atoms with Crippen molar-refractivity contribution < 1.29 is 4.79 Å². The van der Waals surface area contributed by atoms with E-state index in [1.54, 1.807) is 18.2 Å². The molecule has 0 radical (unpaired) electrons. The number of hydrogen-bond donors (Lipinski definition) is 1. The summed E-state index contributed by atoms with van der Waals surface area (Å²) in [6.07, 6.45) is 0.932. The number of anilines is 1. The highest BCUT2D eigenvalue weighted by Gasteiger charge is 2.19. The molecule has 0 fully saturated rings. The minimum absolute atomic E-state index is 0.0517. The topological polar surface area (TPSA) is 59.2 Å². The van der Waals surface area contributed by atoms with E-state index < -0.39 is 0 Å². The highest BCUT2D eigenvalue weighted by Crippen LogP contribution is 2.10. The van der Waals surface area contributed by atoms with Crippen LogP contribution in [0, 0.1) is 0 Å². The number of pyridine rings is 1. The van der Waals surface area contributed by atoms with Crippen LogP contribution in [0.5, 0.6) is 0 Å². The summed E-state index contributed by atoms with van der Waals surface area (Å²) in [5.41, 5.74) is 5.98. The summed E-state index contributed by atoms with van der Waals surface area (Å²) in [5.74, 6) is 0.329. The molecule has 0 bridgehead atoms. The summed E-state index contributed by atoms with van der Waals surface area (Å²) >= 11 is 0. The maximum atomic E-state index is 12.1. The highest BCUT2D eigenvalue weighted by atomic mass is 16.2. The summed E-state index contributed by atoms with van der Waals surface area (Å²) < 4.78 is 0. The molecule has 4 heteroatoms. The molecule has 0 aromatic carbocycles. The van der Waals surface area contributed by atoms with Gasteiger partial charge in [0.2, 0.25) is 0 Å². The van der Waals surface area contributed by atoms with E-state index in [2.05, 4.69) is 11.9 Å². The summed E-state index contributed by atoms with van der Waals surface area (Å²) in [6, 6.07) is 5.35. The van der Waals surface area contributed by atoms with Crippen molar-refractivity contribution in [1.29, 1.82) is 0 Å². The Morgan fingerprint density at radius 3 is 2.69 bits per heavy atom. The number of carbonyl (C=O) groups excluding carboxylic acids is 1. The van der Waals surface area contributed by atoms with Crippen molar-refractivity contribution >= 4 is 11.7 Å². The highest BCUT2D eigenvalue weighted by molar-refractivity contribution is 5.92. The van der Waals surface area contributed by atoms with Gasteiger partial charge in [-0.05, 0) is 32.4 Å². The number of aromatic nitrogens is 1. The van der Waals surface area contributed by atoms with Crippen molar-refractivity contribution in [1.82, 2.24) is 9.88 Å². The second kappa shape index (κ2) is 5.49. The van der Waals surface area contributed by atoms with Crippen LogP contribution in [-0.2, 0) is 0 Å². The van der Waals surface area contributed by atoms with Crippen LogP contribution in [0.15, 0.2) is 18.2 Å². The molecule has 1 aromatic rings. The molecule has 1 rings (SSSR count). The Bertz CT molecular complexity index is 365. The van der Waals surface area contributed by atoms with Gasteiger partial charge in [-0.1, -0.05) is 13.0 Å². The van der Waals surface area contributed by atoms with Gasteiger partial charge in [-0.25, -0.2) is 4.98 Å². The second-order valence-electron chi connectivity index (χ2n) is 3.80. The number of nitrogen functional groups attached to an aromatic ring is 1. The minimum atomic E-state index is -0.0517. The standard InChI is InChI=1S/C12H19N3O/c1-4-9(3)15(5-2)12(16)10-7-6-8-11(13)14-10/h6-9H,4-5H2,1-3H3,(H2,13,14). The van der Waals surface area contributed by atoms with E-state index in [9.17, 15) is 4.79 Å². The Morgan fingerprint density at radius 2 is 2.19 bits per heavy atom. The Balaban J connectivity index is 2.91. The lowest BCUT2D eigenvalue weighted by Crippen LogP contribution is -2.38. The average Bonchev–Trinajstić information content (AvgIpc) is 2.29. The van der Waals surface area contributed by atoms with Crippen LogP contribution in [0.25, 0.3) is 0 Å². The van der Waals surface area contributed by atoms with Gasteiger partial charge in [0.15, 0.2) is 0 Å². The lowest BCUT2D eigenvalue weighted by atomic mass is 10.2. The predicted molar refractivity (Wildman–Crippen MR) is 65.1 cm³/mol. The van der Waals surface area contributed by atoms with E-state index in [1.807, 2.05) is 18.7 Å². The number of hydrogen-bond acceptors (Lipinski definition) is 3. The van der Waals surface area contributed by atoms with E-state index in [0.29, 0.717) is 18.1 Å². The maximum absolute atomic E-state index is 12.1. The summed E-state index contributed by atoms with van der Waals surface area (Å²) in [4.78, 5) is 18.0. The first-order chi connectivity index (χ1) is 7.60. The number of carbonyl (C=O) groups is 1. The van der Waals surface area contributed by atoms with E-state index in [0.717, 1.165) is 6.42 Å². The molecule has 1 heterocycles. The van der Waals surface area contributed by atoms with Gasteiger partial charge in [-0.15, -0.1) is 0 Å². The summed E-state index contributed by atoms with van der Waals surface area (Å²) in [7, 11) is 0. The first-order valence-electron chi connectivity index (χ1n) is 5.63. The summed E-state index contributed by atoms with van der Waals surface area (Å²) in [6.45, 7) is 6.75. The molecule has 0 aliphatic heterocycles. The molecule has 1 unspecified atom stereocenters. The smallest absolute Gasteiger partial charge is 0.272 e. The van der Waals surface area contributed by atoms with Gasteiger partial charge in [0.25, 0.3) is 5.91 Å². The zero-order chi connectivity index (χ0) is 12.1. The quantitative estimate of drug-likeness (QED) is 0.845. The molecule has 0 spiro atoms. The van der Waals surface area contributed by atoms with Crippen molar-refractivity contribution in [2.24, 2.45) is 0 Å². The van der Waals surface area contributed by atoms with Crippen molar-refractivity contribution in [3.05, 3.63) is 23.9 Å². The molecule has 1 amide bonds. The van der Waals surface area contributed by atoms with Gasteiger partial charge < -0.3 is 10.6 Å². The monoisotopic (exact) mass is 221 g/mol. The molecule has 0 aliphatic carbocycles. The normalized spacial score (nSPS) is 12.2. The Hall–Kier alpha value is -1.58. The van der Waals surface area contributed by atoms with Crippen LogP contribution in [0.3, 0.4) is 0 Å². The van der Waals surface area contributed by atoms with Crippen LogP contribution < -0.4 is 5.73 Å². The van der Waals surface area contributed by atoms with Crippen LogP contribution in [0.2, 0.25) is 0 Å². The molecule has 4 nitrogen and oxygen atoms in total. The fourth-order valence-electron chi connectivity index (χ4n) is 1.59. The Labute approximate surface area is 96.5 Å². The molecule has 0 saturated carbocycles. The molecule has 2 N–H and O–H groups in total. The molecule has 0 aliphatic rings. The molecular formula is C12H19N3O. The van der Waals surface area contributed by atoms with Gasteiger partial charge in [-0.3, -0.25) is 4.79 Å². The lowest BCUT2D eigenvalue weighted by Gasteiger charge is -2.26. The third-order valence-electron chi connectivity index (χ3n) is 2.71. The van der Waals surface area contributed by atoms with Crippen LogP contribution >= 0.6 is 0 Å². The van der Waals surface area contributed by atoms with Crippen molar-refractivity contribution in [3.63, 3.8) is 0 Å². The van der Waals surface area contributed by atoms with Crippen molar-refractivity contribution in [2.75, 3.05) is 12.3 Å². The van der Waals surface area contributed by atoms with E-state index in [4.69, 9.17) is 5.73 Å². The molecule has 1 aromatic heterocycles. The molecule has 88 valence electrons. The molecule has 0 saturated heterocycles. The largest absolute Gasteiger partial charge is 0.384 e. The van der Waals surface area contributed by atoms with Crippen molar-refractivity contribution in [2.45, 2.75) is 33.2 Å². The Kier molecular flexibility index (Phi) is 4.28. The number of rotatable bonds is 4. The zero-order valence-corrected chi connectivity index (χ0v) is 10.1. The Morgan fingerprint density at radius 1 is 1.50 bits per heavy atom. The first-order valence-corrected chi connectivity index (χ1v) is 5.63. The average molecular weight is 221 g/mol. The second-order valence-corrected chi connectivity index (χ2v) is 3.80. The van der Waals surface area contributed by atoms with Crippen molar-refractivity contribution in [3.8, 4) is 0 Å². The lowest BCUT2D eigenvalue weighted by molar-refractivity contribution is 0.0694. The summed E-state index contributed by atoms with van der Waals surface area (Å²) in [5, 5.41) is 0. The number of nitrogens with two attached hydrogens (primary N) is 1. The first kappa shape index (κ1) is 12.5. The van der Waals surface area contributed by atoms with E-state index >= 15 is 0 Å². The maximum Gasteiger partial charge on any atom is 0.272 e.